The van der Waals surface area contributed by atoms with Gasteiger partial charge in [0.2, 0.25) is 0 Å². The third kappa shape index (κ3) is 3.92. The number of hydrogen-bond acceptors (Lipinski definition) is 7. The maximum atomic E-state index is 12.0. The van der Waals surface area contributed by atoms with Crippen molar-refractivity contribution in [1.29, 1.82) is 0 Å². The Bertz CT molecular complexity index is 713. The first-order chi connectivity index (χ1) is 12.4. The van der Waals surface area contributed by atoms with Crippen LogP contribution in [0.4, 0.5) is 11.4 Å². The molecule has 0 aliphatic carbocycles. The zero-order valence-electron chi connectivity index (χ0n) is 15.3. The third-order valence-electron chi connectivity index (χ3n) is 4.40. The molecular formula is C19H24N2O5. The number of ether oxygens (including phenoxy) is 3. The number of esters is 2. The summed E-state index contributed by atoms with van der Waals surface area (Å²) in [5, 5.41) is 2.95. The lowest BCUT2D eigenvalue weighted by Crippen LogP contribution is -2.42. The molecule has 3 rings (SSSR count). The van der Waals surface area contributed by atoms with Crippen LogP contribution < -0.4 is 15.0 Å². The van der Waals surface area contributed by atoms with E-state index < -0.39 is 17.7 Å². The van der Waals surface area contributed by atoms with E-state index in [4.69, 9.17) is 14.2 Å². The first-order valence-corrected chi connectivity index (χ1v) is 8.76. The van der Waals surface area contributed by atoms with Crippen LogP contribution in [0, 0.1) is 0 Å². The molecule has 26 heavy (non-hydrogen) atoms. The monoisotopic (exact) mass is 360 g/mol. The molecule has 0 unspecified atom stereocenters. The molecule has 1 N–H and O–H groups in total. The van der Waals surface area contributed by atoms with E-state index in [9.17, 15) is 9.59 Å². The number of methoxy groups -OCH3 is 1. The Kier molecular flexibility index (Phi) is 5.06. The smallest absolute Gasteiger partial charge is 0.350 e. The van der Waals surface area contributed by atoms with Gasteiger partial charge in [-0.25, -0.2) is 9.59 Å². The average Bonchev–Trinajstić information content (AvgIpc) is 2.61. The molecule has 0 saturated carbocycles. The van der Waals surface area contributed by atoms with Gasteiger partial charge in [-0.2, -0.15) is 0 Å². The number of piperidine rings is 1. The molecule has 0 spiro atoms. The minimum absolute atomic E-state index is 0.188. The summed E-state index contributed by atoms with van der Waals surface area (Å²) in [4.78, 5) is 26.3. The molecule has 2 fully saturated rings. The Morgan fingerprint density at radius 1 is 1.12 bits per heavy atom. The first-order valence-electron chi connectivity index (χ1n) is 8.76. The summed E-state index contributed by atoms with van der Waals surface area (Å²) in [6.45, 7) is 5.09. The van der Waals surface area contributed by atoms with Gasteiger partial charge in [-0.1, -0.05) is 0 Å². The van der Waals surface area contributed by atoms with E-state index in [0.717, 1.165) is 18.8 Å². The summed E-state index contributed by atoms with van der Waals surface area (Å²) >= 11 is 0. The van der Waals surface area contributed by atoms with Crippen molar-refractivity contribution in [3.8, 4) is 5.75 Å². The Labute approximate surface area is 152 Å². The van der Waals surface area contributed by atoms with E-state index in [-0.39, 0.29) is 5.57 Å². The van der Waals surface area contributed by atoms with Crippen molar-refractivity contribution in [3.05, 3.63) is 30.0 Å². The fourth-order valence-electron chi connectivity index (χ4n) is 3.08. The molecule has 0 amide bonds. The Balaban J connectivity index is 1.77. The second-order valence-electron chi connectivity index (χ2n) is 6.81. The second kappa shape index (κ2) is 7.27. The first kappa shape index (κ1) is 18.1. The summed E-state index contributed by atoms with van der Waals surface area (Å²) in [5.41, 5.74) is 1.55. The lowest BCUT2D eigenvalue weighted by Gasteiger charge is -2.30. The van der Waals surface area contributed by atoms with E-state index in [2.05, 4.69) is 10.2 Å². The van der Waals surface area contributed by atoms with Gasteiger partial charge in [0.05, 0.1) is 12.8 Å². The van der Waals surface area contributed by atoms with Crippen LogP contribution >= 0.6 is 0 Å². The van der Waals surface area contributed by atoms with Gasteiger partial charge in [0, 0.05) is 44.9 Å². The van der Waals surface area contributed by atoms with E-state index in [1.165, 1.54) is 39.3 Å². The van der Waals surface area contributed by atoms with Crippen LogP contribution in [-0.4, -0.2) is 37.9 Å². The fraction of sp³-hybridized carbons (Fsp3) is 0.474. The molecule has 1 aromatic rings. The van der Waals surface area contributed by atoms with Crippen molar-refractivity contribution < 1.29 is 23.8 Å². The number of cyclic esters (lactones) is 2. The summed E-state index contributed by atoms with van der Waals surface area (Å²) < 4.78 is 15.6. The SMILES string of the molecule is COc1cc(N2CCCCC2)ccc1NC=C1C(=O)OC(C)(C)OC1=O. The van der Waals surface area contributed by atoms with Crippen molar-refractivity contribution in [2.45, 2.75) is 38.9 Å². The largest absolute Gasteiger partial charge is 0.494 e. The molecule has 0 aromatic heterocycles. The maximum absolute atomic E-state index is 12.0. The molecule has 140 valence electrons. The summed E-state index contributed by atoms with van der Waals surface area (Å²) in [7, 11) is 1.58. The maximum Gasteiger partial charge on any atom is 0.350 e. The van der Waals surface area contributed by atoms with E-state index in [0.29, 0.717) is 11.4 Å². The topological polar surface area (TPSA) is 77.1 Å². The molecule has 7 nitrogen and oxygen atoms in total. The van der Waals surface area contributed by atoms with Crippen molar-refractivity contribution in [2.75, 3.05) is 30.4 Å². The number of nitrogens with one attached hydrogen (secondary N) is 1. The lowest BCUT2D eigenvalue weighted by molar-refractivity contribution is -0.222. The van der Waals surface area contributed by atoms with Crippen LogP contribution in [0.25, 0.3) is 0 Å². The van der Waals surface area contributed by atoms with Gasteiger partial charge in [-0.15, -0.1) is 0 Å². The molecule has 0 atom stereocenters. The quantitative estimate of drug-likeness (QED) is 0.502. The zero-order valence-corrected chi connectivity index (χ0v) is 15.3. The van der Waals surface area contributed by atoms with Gasteiger partial charge in [0.25, 0.3) is 5.79 Å². The van der Waals surface area contributed by atoms with Crippen LogP contribution in [0.5, 0.6) is 5.75 Å². The number of benzene rings is 1. The Morgan fingerprint density at radius 3 is 2.38 bits per heavy atom. The highest BCUT2D eigenvalue weighted by Crippen LogP contribution is 2.31. The minimum atomic E-state index is -1.25. The number of nitrogens with zero attached hydrogens (tertiary/aromatic N) is 1. The molecule has 7 heteroatoms. The molecule has 1 aromatic carbocycles. The van der Waals surface area contributed by atoms with Gasteiger partial charge in [0.15, 0.2) is 5.57 Å². The van der Waals surface area contributed by atoms with Crippen LogP contribution in [0.1, 0.15) is 33.1 Å². The summed E-state index contributed by atoms with van der Waals surface area (Å²) in [5.74, 6) is -2.06. The Hall–Kier alpha value is -2.70. The van der Waals surface area contributed by atoms with Crippen LogP contribution in [0.15, 0.2) is 30.0 Å². The fourth-order valence-corrected chi connectivity index (χ4v) is 3.08. The van der Waals surface area contributed by atoms with E-state index in [1.54, 1.807) is 7.11 Å². The van der Waals surface area contributed by atoms with Gasteiger partial charge in [-0.05, 0) is 31.4 Å². The standard InChI is InChI=1S/C19H24N2O5/c1-19(2)25-17(22)14(18(23)26-19)12-20-15-8-7-13(11-16(15)24-3)21-9-5-4-6-10-21/h7-8,11-12,20H,4-6,9-10H2,1-3H3. The summed E-state index contributed by atoms with van der Waals surface area (Å²) in [6, 6.07) is 5.81. The van der Waals surface area contributed by atoms with Crippen molar-refractivity contribution in [2.24, 2.45) is 0 Å². The highest BCUT2D eigenvalue weighted by Gasteiger charge is 2.39. The highest BCUT2D eigenvalue weighted by atomic mass is 16.7. The molecule has 0 bridgehead atoms. The van der Waals surface area contributed by atoms with Gasteiger partial charge in [0.1, 0.15) is 5.75 Å². The molecule has 2 aliphatic rings. The van der Waals surface area contributed by atoms with Crippen molar-refractivity contribution in [1.82, 2.24) is 0 Å². The van der Waals surface area contributed by atoms with E-state index in [1.807, 2.05) is 18.2 Å². The molecule has 2 aliphatic heterocycles. The minimum Gasteiger partial charge on any atom is -0.494 e. The number of rotatable bonds is 4. The number of hydrogen-bond donors (Lipinski definition) is 1. The number of carbonyl (C=O) groups is 2. The normalized spacial score (nSPS) is 19.5. The third-order valence-corrected chi connectivity index (χ3v) is 4.40. The van der Waals surface area contributed by atoms with Gasteiger partial charge < -0.3 is 24.4 Å². The second-order valence-corrected chi connectivity index (χ2v) is 6.81. The number of anilines is 2. The molecule has 0 radical (unpaired) electrons. The average molecular weight is 360 g/mol. The van der Waals surface area contributed by atoms with Gasteiger partial charge in [-0.3, -0.25) is 0 Å². The zero-order chi connectivity index (χ0) is 18.7. The molecule has 2 saturated heterocycles. The lowest BCUT2D eigenvalue weighted by atomic mass is 10.1. The molecular weight excluding hydrogens is 336 g/mol. The van der Waals surface area contributed by atoms with Crippen LogP contribution in [-0.2, 0) is 19.1 Å². The van der Waals surface area contributed by atoms with E-state index >= 15 is 0 Å². The highest BCUT2D eigenvalue weighted by molar-refractivity contribution is 6.15. The number of carbonyl (C=O) groups excluding carboxylic acids is 2. The van der Waals surface area contributed by atoms with Crippen LogP contribution in [0.2, 0.25) is 0 Å². The van der Waals surface area contributed by atoms with Crippen molar-refractivity contribution >= 4 is 23.3 Å². The van der Waals surface area contributed by atoms with Gasteiger partial charge >= 0.3 is 11.9 Å². The Morgan fingerprint density at radius 2 is 1.77 bits per heavy atom. The summed E-state index contributed by atoms with van der Waals surface area (Å²) in [6.07, 6.45) is 4.94. The van der Waals surface area contributed by atoms with Crippen LogP contribution in [0.3, 0.4) is 0 Å². The molecule has 2 heterocycles. The predicted molar refractivity (Wildman–Crippen MR) is 97.0 cm³/mol. The predicted octanol–water partition coefficient (Wildman–Crippen LogP) is 2.82. The van der Waals surface area contributed by atoms with Crippen molar-refractivity contribution in [3.63, 3.8) is 0 Å².